The quantitative estimate of drug-likeness (QED) is 0.114. The van der Waals surface area contributed by atoms with E-state index >= 15 is 0 Å². The molecule has 570 valence electrons. The van der Waals surface area contributed by atoms with Crippen LogP contribution < -0.4 is 0 Å². The third-order valence-corrected chi connectivity index (χ3v) is 25.8. The zero-order chi connectivity index (χ0) is 80.7. The van der Waals surface area contributed by atoms with Crippen LogP contribution in [0.15, 0.2) is 441 Å². The molecule has 0 unspecified atom stereocenters. The molecule has 18 aromatic carbocycles. The molecule has 4 aromatic heterocycles. The Hall–Kier alpha value is -15.7. The molecule has 0 spiro atoms. The fourth-order valence-corrected chi connectivity index (χ4v) is 20.4. The van der Waals surface area contributed by atoms with E-state index in [9.17, 15) is 0 Å². The topological polar surface area (TPSA) is 90.5 Å². The molecule has 2 aliphatic rings. The van der Waals surface area contributed by atoms with Gasteiger partial charge in [0.2, 0.25) is 0 Å². The maximum absolute atomic E-state index is 6.78. The first-order valence-corrected chi connectivity index (χ1v) is 42.2. The molecule has 122 heavy (non-hydrogen) atoms. The Bertz CT molecular complexity index is 7660. The molecule has 22 aromatic rings. The highest BCUT2D eigenvalue weighted by molar-refractivity contribution is 7.26. The fourth-order valence-electron chi connectivity index (χ4n) is 19.3. The molecular formula is C114H72N6OS. The van der Waals surface area contributed by atoms with Crippen molar-refractivity contribution in [2.75, 3.05) is 0 Å². The fraction of sp³-hybridized carbons (Fsp3) is 0.0175. The van der Waals surface area contributed by atoms with Crippen LogP contribution in [0.25, 0.3) is 177 Å². The first-order valence-electron chi connectivity index (χ1n) is 41.4. The van der Waals surface area contributed by atoms with Gasteiger partial charge in [-0.2, -0.15) is 0 Å². The number of rotatable bonds is 13. The average molecular weight is 1570 g/mol. The van der Waals surface area contributed by atoms with Gasteiger partial charge in [0.25, 0.3) is 0 Å². The molecule has 0 bridgehead atoms. The lowest BCUT2D eigenvalue weighted by Crippen LogP contribution is -2.28. The van der Waals surface area contributed by atoms with Crippen LogP contribution >= 0.6 is 11.3 Å². The van der Waals surface area contributed by atoms with Crippen molar-refractivity contribution >= 4 is 64.2 Å². The molecule has 0 N–H and O–H groups in total. The van der Waals surface area contributed by atoms with Gasteiger partial charge in [0.1, 0.15) is 11.2 Å². The Balaban J connectivity index is 0.000000142. The number of benzene rings is 18. The average Bonchev–Trinajstić information content (AvgIpc) is 1.54. The lowest BCUT2D eigenvalue weighted by molar-refractivity contribution is 0.665. The SMILES string of the molecule is c1ccc(-c2cccc(-c3nc(-c4ccccc4)nc(-c4ccc(-c5cccc6oc7cc(C8(c9ccccc9)c9ccccc9-c9ccccc98)ccc7c56)cc4)n3)c2)cc1.c1ccc(-c2nc(-c3ccccc3)nc(-c3c(-c4cccc5sc6ccc(C7(c8ccccc8)c8ccccc8-c8ccccc87)cc6c45)ccc4ccccc34)n2)cc1. The zero-order valence-corrected chi connectivity index (χ0v) is 66.9. The standard InChI is InChI=1S/C58H37N3O.C56H35N3S/c1-4-16-38(17-5-1)42-20-14-21-43(36-42)57-60-55(40-18-6-2-7-19-40)59-56(61-57)41-32-30-39(31-33-41)46-26-15-29-52-54(46)49-35-34-45(37-53(49)62-52)58(44-22-8-3-9-23-44)50-27-12-10-24-47(50)48-25-11-13-28-51(48)58;1-4-18-37(19-5-1)53-57-54(38-20-6-2-7-21-38)59-55(58-53)52-41-24-11-10-17-36(41)31-33-45(52)44-27-16-30-50-51(44)46-35-40(32-34-49(46)60-50)56(39-22-8-3-9-23-39)47-28-14-12-25-42(47)43-26-13-15-29-48(43)56/h1-37H;1-35H. The normalized spacial score (nSPS) is 12.7. The highest BCUT2D eigenvalue weighted by Gasteiger charge is 2.48. The van der Waals surface area contributed by atoms with Crippen LogP contribution in [0.2, 0.25) is 0 Å². The van der Waals surface area contributed by atoms with Gasteiger partial charge >= 0.3 is 0 Å². The van der Waals surface area contributed by atoms with Gasteiger partial charge in [-0.1, -0.05) is 400 Å². The van der Waals surface area contributed by atoms with Crippen molar-refractivity contribution < 1.29 is 4.42 Å². The molecule has 4 heterocycles. The van der Waals surface area contributed by atoms with E-state index in [0.29, 0.717) is 34.9 Å². The lowest BCUT2D eigenvalue weighted by atomic mass is 9.67. The lowest BCUT2D eigenvalue weighted by Gasteiger charge is -2.34. The molecule has 0 fully saturated rings. The van der Waals surface area contributed by atoms with Crippen LogP contribution in [0.5, 0.6) is 0 Å². The molecule has 7 nitrogen and oxygen atoms in total. The van der Waals surface area contributed by atoms with Crippen molar-refractivity contribution in [2.45, 2.75) is 10.8 Å². The van der Waals surface area contributed by atoms with Crippen LogP contribution in [0.4, 0.5) is 0 Å². The summed E-state index contributed by atoms with van der Waals surface area (Å²) >= 11 is 1.85. The minimum Gasteiger partial charge on any atom is -0.456 e. The summed E-state index contributed by atoms with van der Waals surface area (Å²) in [6.07, 6.45) is 0. The number of hydrogen-bond acceptors (Lipinski definition) is 8. The number of fused-ring (bicyclic) bond motifs is 13. The first-order chi connectivity index (χ1) is 60.5. The van der Waals surface area contributed by atoms with E-state index in [2.05, 4.69) is 364 Å². The second-order valence-electron chi connectivity index (χ2n) is 31.3. The van der Waals surface area contributed by atoms with E-state index in [-0.39, 0.29) is 0 Å². The Morgan fingerprint density at radius 3 is 1.15 bits per heavy atom. The van der Waals surface area contributed by atoms with Gasteiger partial charge in [0, 0.05) is 64.3 Å². The maximum Gasteiger partial charge on any atom is 0.165 e. The summed E-state index contributed by atoms with van der Waals surface area (Å²) in [5, 5.41) is 6.88. The van der Waals surface area contributed by atoms with E-state index in [1.54, 1.807) is 0 Å². The Morgan fingerprint density at radius 2 is 0.598 bits per heavy atom. The van der Waals surface area contributed by atoms with E-state index in [0.717, 1.165) is 99.5 Å². The second-order valence-corrected chi connectivity index (χ2v) is 32.4. The zero-order valence-electron chi connectivity index (χ0n) is 66.1. The van der Waals surface area contributed by atoms with Crippen molar-refractivity contribution in [1.82, 2.24) is 29.9 Å². The first kappa shape index (κ1) is 71.6. The minimum absolute atomic E-state index is 0.494. The third kappa shape index (κ3) is 11.9. The van der Waals surface area contributed by atoms with Crippen molar-refractivity contribution in [2.24, 2.45) is 0 Å². The number of furan rings is 1. The Morgan fingerprint density at radius 1 is 0.197 bits per heavy atom. The van der Waals surface area contributed by atoms with Gasteiger partial charge in [-0.05, 0) is 147 Å². The number of aromatic nitrogens is 6. The molecule has 8 heteroatoms. The van der Waals surface area contributed by atoms with Crippen LogP contribution in [-0.2, 0) is 10.8 Å². The van der Waals surface area contributed by atoms with Crippen molar-refractivity contribution in [3.63, 3.8) is 0 Å². The van der Waals surface area contributed by atoms with E-state index < -0.39 is 10.8 Å². The monoisotopic (exact) mass is 1570 g/mol. The van der Waals surface area contributed by atoms with Crippen LogP contribution in [0.1, 0.15) is 44.5 Å². The number of nitrogens with zero attached hydrogens (tertiary/aromatic N) is 6. The Kier molecular flexibility index (Phi) is 17.4. The molecule has 2 aliphatic carbocycles. The predicted molar refractivity (Wildman–Crippen MR) is 501 cm³/mol. The van der Waals surface area contributed by atoms with Crippen molar-refractivity contribution in [3.8, 4) is 124 Å². The molecule has 0 saturated carbocycles. The molecular weight excluding hydrogens is 1500 g/mol. The smallest absolute Gasteiger partial charge is 0.165 e. The maximum atomic E-state index is 6.78. The van der Waals surface area contributed by atoms with Gasteiger partial charge in [-0.25, -0.2) is 29.9 Å². The van der Waals surface area contributed by atoms with E-state index in [1.807, 2.05) is 84.1 Å². The van der Waals surface area contributed by atoms with Gasteiger partial charge < -0.3 is 4.42 Å². The van der Waals surface area contributed by atoms with Crippen molar-refractivity contribution in [1.29, 1.82) is 0 Å². The summed E-state index contributed by atoms with van der Waals surface area (Å²) in [6.45, 7) is 0. The Labute approximate surface area is 709 Å². The van der Waals surface area contributed by atoms with Crippen LogP contribution in [0, 0.1) is 0 Å². The molecule has 0 saturated heterocycles. The number of thiophene rings is 1. The summed E-state index contributed by atoms with van der Waals surface area (Å²) in [7, 11) is 0. The summed E-state index contributed by atoms with van der Waals surface area (Å²) in [6, 6.07) is 156. The summed E-state index contributed by atoms with van der Waals surface area (Å²) in [5.74, 6) is 3.81. The predicted octanol–water partition coefficient (Wildman–Crippen LogP) is 28.9. The molecule has 0 radical (unpaired) electrons. The summed E-state index contributed by atoms with van der Waals surface area (Å²) < 4.78 is 9.28. The molecule has 0 atom stereocenters. The van der Waals surface area contributed by atoms with Gasteiger partial charge in [-0.3, -0.25) is 0 Å². The second kappa shape index (κ2) is 29.7. The van der Waals surface area contributed by atoms with Crippen LogP contribution in [-0.4, -0.2) is 29.9 Å². The minimum atomic E-state index is -0.500. The van der Waals surface area contributed by atoms with E-state index in [1.165, 1.54) is 86.9 Å². The summed E-state index contributed by atoms with van der Waals surface area (Å²) in [5.41, 5.74) is 28.3. The number of hydrogen-bond donors (Lipinski definition) is 0. The van der Waals surface area contributed by atoms with Gasteiger partial charge in [-0.15, -0.1) is 11.3 Å². The largest absolute Gasteiger partial charge is 0.456 e. The molecule has 0 aliphatic heterocycles. The summed E-state index contributed by atoms with van der Waals surface area (Å²) in [4.78, 5) is 30.8. The van der Waals surface area contributed by atoms with Crippen LogP contribution in [0.3, 0.4) is 0 Å². The highest BCUT2D eigenvalue weighted by Crippen LogP contribution is 2.59. The van der Waals surface area contributed by atoms with E-state index in [4.69, 9.17) is 34.3 Å². The van der Waals surface area contributed by atoms with Gasteiger partial charge in [0.05, 0.1) is 10.8 Å². The third-order valence-electron chi connectivity index (χ3n) is 24.7. The highest BCUT2D eigenvalue weighted by atomic mass is 32.1. The molecule has 24 rings (SSSR count). The van der Waals surface area contributed by atoms with Crippen molar-refractivity contribution in [3.05, 3.63) is 481 Å². The molecule has 0 amide bonds. The van der Waals surface area contributed by atoms with Gasteiger partial charge in [0.15, 0.2) is 34.9 Å².